The van der Waals surface area contributed by atoms with Gasteiger partial charge in [-0.3, -0.25) is 9.59 Å². The summed E-state index contributed by atoms with van der Waals surface area (Å²) in [6.45, 7) is 5.33. The fourth-order valence-electron chi connectivity index (χ4n) is 9.49. The van der Waals surface area contributed by atoms with Gasteiger partial charge in [-0.2, -0.15) is 0 Å². The van der Waals surface area contributed by atoms with Gasteiger partial charge in [0.1, 0.15) is 22.5 Å². The zero-order chi connectivity index (χ0) is 39.0. The van der Waals surface area contributed by atoms with Crippen LogP contribution in [-0.4, -0.2) is 82.2 Å². The Bertz CT molecular complexity index is 2240. The molecule has 4 aliphatic rings. The topological polar surface area (TPSA) is 125 Å². The van der Waals surface area contributed by atoms with E-state index in [1.54, 1.807) is 0 Å². The Balaban J connectivity index is 0.782. The first-order valence-electron chi connectivity index (χ1n) is 21.2. The molecule has 2 aliphatic heterocycles. The van der Waals surface area contributed by atoms with Gasteiger partial charge in [0.2, 0.25) is 11.8 Å². The van der Waals surface area contributed by atoms with Crippen LogP contribution in [0.4, 0.5) is 0 Å². The molecule has 2 amide bonds. The maximum absolute atomic E-state index is 12.9. The van der Waals surface area contributed by atoms with E-state index in [4.69, 9.17) is 31.0 Å². The van der Waals surface area contributed by atoms with Crippen molar-refractivity contribution in [1.29, 1.82) is 0 Å². The molecule has 2 saturated heterocycles. The monoisotopic (exact) mass is 790 g/mol. The maximum Gasteiger partial charge on any atom is 0.222 e. The first-order valence-corrected chi connectivity index (χ1v) is 21.6. The molecule has 5 unspecified atom stereocenters. The van der Waals surface area contributed by atoms with Gasteiger partial charge in [-0.15, -0.1) is 0 Å². The van der Waals surface area contributed by atoms with Crippen LogP contribution in [0.5, 0.6) is 0 Å². The molecule has 2 saturated carbocycles. The number of rotatable bonds is 14. The summed E-state index contributed by atoms with van der Waals surface area (Å²) in [6, 6.07) is 20.0. The number of nitrogens with one attached hydrogen (secondary N) is 3. The molecular weight excluding hydrogens is 736 g/mol. The van der Waals surface area contributed by atoms with E-state index in [1.165, 1.54) is 0 Å². The highest BCUT2D eigenvalue weighted by molar-refractivity contribution is 6.32. The minimum absolute atomic E-state index is 0.177. The smallest absolute Gasteiger partial charge is 0.222 e. The van der Waals surface area contributed by atoms with Gasteiger partial charge < -0.3 is 29.7 Å². The van der Waals surface area contributed by atoms with Gasteiger partial charge in [0.05, 0.1) is 11.0 Å². The number of imidazole rings is 2. The van der Waals surface area contributed by atoms with Crippen molar-refractivity contribution in [2.45, 2.75) is 89.6 Å². The standard InChI is InChI=1S/C46H55ClN6O4/c1-27-36(44(27)52-42(54)21-28-13-17-56-18-14-28)9-12-41-50-45(46(47)51-41)35-6-5-30-23-31(3-4-32(30)24-35)33-7-10-37-38(25-33)49-40(48-37)11-8-34-26-39(34)53(2)43(55)22-29-15-19-57-20-16-29/h3-7,10,23-25,27-29,34,36,39,44H,8-9,11-22,26H2,1-2H3,(H,48,49)(H,50,51)(H,52,54). The lowest BCUT2D eigenvalue weighted by Crippen LogP contribution is -2.32. The van der Waals surface area contributed by atoms with Gasteiger partial charge in [-0.05, 0) is 121 Å². The zero-order valence-corrected chi connectivity index (χ0v) is 34.0. The van der Waals surface area contributed by atoms with E-state index < -0.39 is 0 Å². The Morgan fingerprint density at radius 1 is 0.807 bits per heavy atom. The Labute approximate surface area is 339 Å². The SMILES string of the molecule is CC1C(CCc2nc(-c3ccc4cc(-c5ccc6nc(CCC7CC7N(C)C(=O)CC7CCOCC7)[nH]c6c5)ccc4c3)c(Cl)[nH]2)C1NC(=O)CC1CCOCC1. The van der Waals surface area contributed by atoms with Gasteiger partial charge >= 0.3 is 0 Å². The molecule has 5 aromatic rings. The average molecular weight is 791 g/mol. The fourth-order valence-corrected chi connectivity index (χ4v) is 9.75. The van der Waals surface area contributed by atoms with Crippen molar-refractivity contribution in [2.75, 3.05) is 33.5 Å². The predicted molar refractivity (Wildman–Crippen MR) is 224 cm³/mol. The first-order chi connectivity index (χ1) is 27.8. The number of carbonyl (C=O) groups excluding carboxylic acids is 2. The quantitative estimate of drug-likeness (QED) is 0.104. The molecule has 2 aromatic heterocycles. The number of hydrogen-bond acceptors (Lipinski definition) is 6. The summed E-state index contributed by atoms with van der Waals surface area (Å²) in [5.74, 6) is 4.73. The average Bonchev–Trinajstić information content (AvgIpc) is 4.01. The molecule has 4 fully saturated rings. The number of ether oxygens (including phenoxy) is 2. The van der Waals surface area contributed by atoms with Crippen molar-refractivity contribution in [1.82, 2.24) is 30.2 Å². The van der Waals surface area contributed by atoms with Crippen LogP contribution in [-0.2, 0) is 31.9 Å². The molecule has 57 heavy (non-hydrogen) atoms. The Morgan fingerprint density at radius 3 is 2.19 bits per heavy atom. The second-order valence-corrected chi connectivity index (χ2v) is 17.7. The Kier molecular flexibility index (Phi) is 11.1. The van der Waals surface area contributed by atoms with Crippen LogP contribution in [0.1, 0.15) is 76.4 Å². The second kappa shape index (κ2) is 16.5. The van der Waals surface area contributed by atoms with Crippen LogP contribution in [0.25, 0.3) is 44.2 Å². The predicted octanol–water partition coefficient (Wildman–Crippen LogP) is 8.52. The number of halogens is 1. The van der Waals surface area contributed by atoms with Crippen molar-refractivity contribution in [2.24, 2.45) is 29.6 Å². The third-order valence-electron chi connectivity index (χ3n) is 13.4. The number of fused-ring (bicyclic) bond motifs is 2. The summed E-state index contributed by atoms with van der Waals surface area (Å²) >= 11 is 6.72. The van der Waals surface area contributed by atoms with Crippen LogP contribution in [0.3, 0.4) is 0 Å². The number of nitrogens with zero attached hydrogens (tertiary/aromatic N) is 3. The first kappa shape index (κ1) is 38.3. The van der Waals surface area contributed by atoms with E-state index in [0.29, 0.717) is 53.6 Å². The normalized spacial score (nSPS) is 23.9. The summed E-state index contributed by atoms with van der Waals surface area (Å²) in [4.78, 5) is 44.3. The number of H-pyrrole nitrogens is 2. The number of aryl methyl sites for hydroxylation is 2. The van der Waals surface area contributed by atoms with Crippen molar-refractivity contribution in [3.63, 3.8) is 0 Å². The van der Waals surface area contributed by atoms with Gasteiger partial charge in [-0.1, -0.05) is 48.9 Å². The minimum atomic E-state index is 0.177. The molecule has 3 aromatic carbocycles. The van der Waals surface area contributed by atoms with E-state index in [9.17, 15) is 9.59 Å². The van der Waals surface area contributed by atoms with E-state index in [1.807, 2.05) is 11.9 Å². The third-order valence-corrected chi connectivity index (χ3v) is 13.7. The lowest BCUT2D eigenvalue weighted by molar-refractivity contribution is -0.132. The molecule has 10 nitrogen and oxygen atoms in total. The van der Waals surface area contributed by atoms with Gasteiger partial charge in [0.25, 0.3) is 0 Å². The van der Waals surface area contributed by atoms with Crippen LogP contribution < -0.4 is 5.32 Å². The Hall–Kier alpha value is -4.25. The van der Waals surface area contributed by atoms with Crippen molar-refractivity contribution < 1.29 is 19.1 Å². The summed E-state index contributed by atoms with van der Waals surface area (Å²) in [7, 11) is 1.98. The van der Waals surface area contributed by atoms with E-state index >= 15 is 0 Å². The molecule has 9 rings (SSSR count). The molecule has 0 radical (unpaired) electrons. The molecule has 300 valence electrons. The number of amides is 2. The molecule has 0 bridgehead atoms. The minimum Gasteiger partial charge on any atom is -0.381 e. The van der Waals surface area contributed by atoms with Crippen LogP contribution in [0, 0.1) is 29.6 Å². The summed E-state index contributed by atoms with van der Waals surface area (Å²) in [5, 5.41) is 6.12. The van der Waals surface area contributed by atoms with Gasteiger partial charge in [0.15, 0.2) is 0 Å². The summed E-state index contributed by atoms with van der Waals surface area (Å²) in [6.07, 6.45) is 9.95. The van der Waals surface area contributed by atoms with Crippen molar-refractivity contribution >= 4 is 45.2 Å². The van der Waals surface area contributed by atoms with E-state index in [-0.39, 0.29) is 17.9 Å². The lowest BCUT2D eigenvalue weighted by atomic mass is 9.96. The molecule has 3 N–H and O–H groups in total. The molecule has 5 atom stereocenters. The fraction of sp³-hybridized carbons (Fsp3) is 0.522. The van der Waals surface area contributed by atoms with Crippen molar-refractivity contribution in [3.8, 4) is 22.4 Å². The van der Waals surface area contributed by atoms with Crippen molar-refractivity contribution in [3.05, 3.63) is 71.4 Å². The molecule has 4 heterocycles. The summed E-state index contributed by atoms with van der Waals surface area (Å²) < 4.78 is 10.9. The van der Waals surface area contributed by atoms with Crippen LogP contribution >= 0.6 is 11.6 Å². The number of hydrogen-bond donors (Lipinski definition) is 3. The number of aromatic amines is 2. The number of carbonyl (C=O) groups is 2. The zero-order valence-electron chi connectivity index (χ0n) is 33.2. The van der Waals surface area contributed by atoms with Crippen LogP contribution in [0.15, 0.2) is 54.6 Å². The molecule has 11 heteroatoms. The van der Waals surface area contributed by atoms with Gasteiger partial charge in [0, 0.05) is 76.8 Å². The third kappa shape index (κ3) is 8.78. The van der Waals surface area contributed by atoms with E-state index in [2.05, 4.69) is 76.8 Å². The highest BCUT2D eigenvalue weighted by Gasteiger charge is 2.47. The molecule has 0 spiro atoms. The highest BCUT2D eigenvalue weighted by Crippen LogP contribution is 2.43. The lowest BCUT2D eigenvalue weighted by Gasteiger charge is -2.24. The number of benzene rings is 3. The van der Waals surface area contributed by atoms with E-state index in [0.717, 1.165) is 140 Å². The second-order valence-electron chi connectivity index (χ2n) is 17.3. The highest BCUT2D eigenvalue weighted by atomic mass is 35.5. The number of aromatic nitrogens is 4. The summed E-state index contributed by atoms with van der Waals surface area (Å²) in [5.41, 5.74) is 6.06. The van der Waals surface area contributed by atoms with Crippen LogP contribution in [0.2, 0.25) is 5.15 Å². The molecule has 2 aliphatic carbocycles. The largest absolute Gasteiger partial charge is 0.381 e. The molecular formula is C46H55ClN6O4. The maximum atomic E-state index is 12.9. The van der Waals surface area contributed by atoms with Gasteiger partial charge in [-0.25, -0.2) is 9.97 Å². The Morgan fingerprint density at radius 2 is 1.44 bits per heavy atom.